The van der Waals surface area contributed by atoms with Crippen molar-refractivity contribution in [1.82, 2.24) is 5.32 Å². The molecule has 0 saturated heterocycles. The Labute approximate surface area is 120 Å². The van der Waals surface area contributed by atoms with Gasteiger partial charge in [-0.2, -0.15) is 13.2 Å². The highest BCUT2D eigenvalue weighted by atomic mass is 19.4. The summed E-state index contributed by atoms with van der Waals surface area (Å²) in [6.07, 6.45) is -2.72. The van der Waals surface area contributed by atoms with Gasteiger partial charge in [-0.25, -0.2) is 0 Å². The van der Waals surface area contributed by atoms with Crippen molar-refractivity contribution in [2.24, 2.45) is 5.73 Å². The zero-order chi connectivity index (χ0) is 15.5. The van der Waals surface area contributed by atoms with Crippen molar-refractivity contribution >= 4 is 5.91 Å². The Kier molecular flexibility index (Phi) is 4.53. The second kappa shape index (κ2) is 6.03. The molecule has 1 amide bonds. The quantitative estimate of drug-likeness (QED) is 0.806. The molecule has 1 atom stereocenters. The third-order valence-corrected chi connectivity index (χ3v) is 3.30. The van der Waals surface area contributed by atoms with Crippen LogP contribution in [0.25, 0.3) is 0 Å². The Bertz CT molecular complexity index is 489. The fraction of sp³-hybridized carbons (Fsp3) is 0.500. The molecule has 1 aromatic rings. The third kappa shape index (κ3) is 4.18. The van der Waals surface area contributed by atoms with Crippen LogP contribution in [0.2, 0.25) is 0 Å². The van der Waals surface area contributed by atoms with Gasteiger partial charge in [0.2, 0.25) is 5.91 Å². The van der Waals surface area contributed by atoms with Gasteiger partial charge in [-0.05, 0) is 18.4 Å². The molecule has 1 unspecified atom stereocenters. The Hall–Kier alpha value is -1.60. The molecule has 116 valence electrons. The highest BCUT2D eigenvalue weighted by Gasteiger charge is 2.44. The smallest absolute Gasteiger partial charge is 0.369 e. The second-order valence-electron chi connectivity index (χ2n) is 5.16. The average molecular weight is 302 g/mol. The van der Waals surface area contributed by atoms with Gasteiger partial charge in [-0.15, -0.1) is 0 Å². The van der Waals surface area contributed by atoms with Crippen LogP contribution in [0.1, 0.15) is 18.4 Å². The van der Waals surface area contributed by atoms with Crippen molar-refractivity contribution in [1.29, 1.82) is 0 Å². The lowest BCUT2D eigenvalue weighted by atomic mass is 9.89. The van der Waals surface area contributed by atoms with Gasteiger partial charge in [0.25, 0.3) is 0 Å². The van der Waals surface area contributed by atoms with Crippen LogP contribution in [0, 0.1) is 0 Å². The van der Waals surface area contributed by atoms with Crippen LogP contribution in [-0.4, -0.2) is 31.3 Å². The first-order valence-corrected chi connectivity index (χ1v) is 6.61. The Morgan fingerprint density at radius 2 is 1.86 bits per heavy atom. The number of primary amides is 1. The number of amides is 1. The number of ether oxygens (including phenoxy) is 1. The Morgan fingerprint density at radius 1 is 1.24 bits per heavy atom. The third-order valence-electron chi connectivity index (χ3n) is 3.30. The fourth-order valence-corrected chi connectivity index (χ4v) is 2.11. The first kappa shape index (κ1) is 15.8. The maximum Gasteiger partial charge on any atom is 0.411 e. The predicted molar refractivity (Wildman–Crippen MR) is 70.3 cm³/mol. The summed E-state index contributed by atoms with van der Waals surface area (Å²) in [4.78, 5) is 11.9. The van der Waals surface area contributed by atoms with Crippen molar-refractivity contribution < 1.29 is 22.7 Å². The number of nitrogens with one attached hydrogen (secondary N) is 1. The van der Waals surface area contributed by atoms with Gasteiger partial charge in [0.1, 0.15) is 12.1 Å². The molecule has 7 heteroatoms. The van der Waals surface area contributed by atoms with Gasteiger partial charge in [-0.3, -0.25) is 10.1 Å². The highest BCUT2D eigenvalue weighted by Crippen LogP contribution is 2.29. The van der Waals surface area contributed by atoms with Crippen LogP contribution in [0.3, 0.4) is 0 Å². The van der Waals surface area contributed by atoms with Crippen molar-refractivity contribution in [3.8, 4) is 0 Å². The molecule has 4 nitrogen and oxygen atoms in total. The molecule has 0 spiro atoms. The van der Waals surface area contributed by atoms with Gasteiger partial charge in [0, 0.05) is 6.04 Å². The van der Waals surface area contributed by atoms with Gasteiger partial charge in [-0.1, -0.05) is 30.3 Å². The molecule has 1 saturated carbocycles. The summed E-state index contributed by atoms with van der Waals surface area (Å²) in [7, 11) is 0. The molecule has 1 fully saturated rings. The van der Waals surface area contributed by atoms with E-state index in [-0.39, 0.29) is 6.04 Å². The van der Waals surface area contributed by atoms with Crippen LogP contribution in [0.5, 0.6) is 0 Å². The maximum absolute atomic E-state index is 12.2. The van der Waals surface area contributed by atoms with Crippen LogP contribution in [-0.2, 0) is 15.1 Å². The van der Waals surface area contributed by atoms with E-state index in [4.69, 9.17) is 10.5 Å². The summed E-state index contributed by atoms with van der Waals surface area (Å²) in [5.74, 6) is -0.747. The van der Waals surface area contributed by atoms with E-state index in [0.717, 1.165) is 12.8 Å². The van der Waals surface area contributed by atoms with E-state index < -0.39 is 30.8 Å². The predicted octanol–water partition coefficient (Wildman–Crippen LogP) is 1.70. The molecule has 1 aliphatic carbocycles. The van der Waals surface area contributed by atoms with Crippen LogP contribution < -0.4 is 11.1 Å². The monoisotopic (exact) mass is 302 g/mol. The summed E-state index contributed by atoms with van der Waals surface area (Å²) in [5.41, 5.74) is 4.54. The minimum Gasteiger partial charge on any atom is -0.369 e. The second-order valence-corrected chi connectivity index (χ2v) is 5.16. The van der Waals surface area contributed by atoms with E-state index in [1.54, 1.807) is 30.3 Å². The van der Waals surface area contributed by atoms with Crippen molar-refractivity contribution in [3.63, 3.8) is 0 Å². The Morgan fingerprint density at radius 3 is 2.33 bits per heavy atom. The lowest BCUT2D eigenvalue weighted by Gasteiger charge is -2.32. The van der Waals surface area contributed by atoms with E-state index in [1.807, 2.05) is 0 Å². The van der Waals surface area contributed by atoms with E-state index >= 15 is 0 Å². The summed E-state index contributed by atoms with van der Waals surface area (Å²) >= 11 is 0. The molecule has 1 aliphatic rings. The summed E-state index contributed by atoms with van der Waals surface area (Å²) in [5, 5.41) is 3.04. The maximum atomic E-state index is 12.2. The van der Waals surface area contributed by atoms with Gasteiger partial charge < -0.3 is 10.5 Å². The topological polar surface area (TPSA) is 64.4 Å². The normalized spacial score (nSPS) is 18.2. The number of alkyl halides is 3. The molecule has 0 heterocycles. The van der Waals surface area contributed by atoms with Crippen molar-refractivity contribution in [2.75, 3.05) is 13.2 Å². The van der Waals surface area contributed by atoms with Crippen molar-refractivity contribution in [3.05, 3.63) is 35.9 Å². The Balaban J connectivity index is 2.21. The molecular weight excluding hydrogens is 285 g/mol. The first-order valence-electron chi connectivity index (χ1n) is 6.61. The molecule has 1 aromatic carbocycles. The number of hydrogen-bond acceptors (Lipinski definition) is 3. The molecule has 0 radical (unpaired) electrons. The molecule has 0 aliphatic heterocycles. The van der Waals surface area contributed by atoms with Crippen LogP contribution in [0.15, 0.2) is 30.3 Å². The van der Waals surface area contributed by atoms with Gasteiger partial charge in [0.05, 0.1) is 6.61 Å². The van der Waals surface area contributed by atoms with Crippen molar-refractivity contribution in [2.45, 2.75) is 30.6 Å². The number of carbonyl (C=O) groups is 1. The van der Waals surface area contributed by atoms with E-state index in [0.29, 0.717) is 5.56 Å². The zero-order valence-corrected chi connectivity index (χ0v) is 11.3. The van der Waals surface area contributed by atoms with E-state index in [2.05, 4.69) is 5.32 Å². The molecule has 2 rings (SSSR count). The molecule has 3 N–H and O–H groups in total. The highest BCUT2D eigenvalue weighted by molar-refractivity contribution is 5.86. The minimum atomic E-state index is -4.44. The molecule has 0 bridgehead atoms. The van der Waals surface area contributed by atoms with Gasteiger partial charge >= 0.3 is 6.18 Å². The van der Waals surface area contributed by atoms with E-state index in [9.17, 15) is 18.0 Å². The zero-order valence-electron chi connectivity index (χ0n) is 11.3. The molecule has 0 aromatic heterocycles. The summed E-state index contributed by atoms with van der Waals surface area (Å²) in [6, 6.07) is 8.53. The number of carbonyl (C=O) groups excluding carboxylic acids is 1. The number of rotatable bonds is 7. The summed E-state index contributed by atoms with van der Waals surface area (Å²) < 4.78 is 41.5. The van der Waals surface area contributed by atoms with Crippen LogP contribution in [0.4, 0.5) is 13.2 Å². The number of halogens is 3. The molecule has 21 heavy (non-hydrogen) atoms. The largest absolute Gasteiger partial charge is 0.411 e. The SMILES string of the molecule is NC(=O)C(COCC(F)(F)F)(NC1CC1)c1ccccc1. The van der Waals surface area contributed by atoms with Crippen LogP contribution >= 0.6 is 0 Å². The number of hydrogen-bond donors (Lipinski definition) is 2. The molecular formula is C14H17F3N2O2. The lowest BCUT2D eigenvalue weighted by Crippen LogP contribution is -2.57. The average Bonchev–Trinajstić information content (AvgIpc) is 3.20. The summed E-state index contributed by atoms with van der Waals surface area (Å²) in [6.45, 7) is -1.87. The minimum absolute atomic E-state index is 0.0761. The van der Waals surface area contributed by atoms with E-state index in [1.165, 1.54) is 0 Å². The lowest BCUT2D eigenvalue weighted by molar-refractivity contribution is -0.180. The van der Waals surface area contributed by atoms with Gasteiger partial charge in [0.15, 0.2) is 0 Å². The standard InChI is InChI=1S/C14H17F3N2O2/c15-14(16,17)9-21-8-13(12(18)20,19-11-6-7-11)10-4-2-1-3-5-10/h1-5,11,19H,6-9H2,(H2,18,20). The number of benzene rings is 1. The first-order chi connectivity index (χ1) is 9.83. The fourth-order valence-electron chi connectivity index (χ4n) is 2.11. The number of nitrogens with two attached hydrogens (primary N) is 1.